The van der Waals surface area contributed by atoms with E-state index < -0.39 is 23.6 Å². The van der Waals surface area contributed by atoms with Crippen molar-refractivity contribution < 1.29 is 28.2 Å². The lowest BCUT2D eigenvalue weighted by molar-refractivity contribution is -0.146. The van der Waals surface area contributed by atoms with E-state index in [0.717, 1.165) is 10.9 Å². The molecule has 1 atom stereocenters. The molecule has 0 radical (unpaired) electrons. The molecular weight excluding hydrogens is 348 g/mol. The molecule has 0 saturated carbocycles. The van der Waals surface area contributed by atoms with Gasteiger partial charge in [-0.05, 0) is 11.6 Å². The molecule has 6 nitrogen and oxygen atoms in total. The lowest BCUT2D eigenvalue weighted by Crippen LogP contribution is -2.35. The Hall–Kier alpha value is -3.28. The minimum absolute atomic E-state index is 0.0246. The highest BCUT2D eigenvalue weighted by Gasteiger charge is 2.47. The first-order valence-corrected chi connectivity index (χ1v) is 8.58. The number of hydrogen-bond acceptors (Lipinski definition) is 6. The summed E-state index contributed by atoms with van der Waals surface area (Å²) in [5.41, 5.74) is 1.45. The molecule has 1 aromatic heterocycles. The first-order valence-electron chi connectivity index (χ1n) is 8.58. The maximum Gasteiger partial charge on any atom is 0.517 e. The standard InChI is InChI=1S/C21H18O6/c1-21(2)12-24-18(22)17(21)26-20(23)27-19-16(13-8-4-3-5-9-13)14-10-6-7-11-15(14)25-19/h3-11,17H,12H2,1-2H3/t17-/m0/s1. The van der Waals surface area contributed by atoms with Crippen molar-refractivity contribution in [3.8, 4) is 17.1 Å². The fourth-order valence-electron chi connectivity index (χ4n) is 3.10. The first-order chi connectivity index (χ1) is 13.0. The maximum atomic E-state index is 12.3. The number of ether oxygens (including phenoxy) is 3. The summed E-state index contributed by atoms with van der Waals surface area (Å²) in [6.45, 7) is 3.75. The Morgan fingerprint density at radius 3 is 2.48 bits per heavy atom. The molecule has 138 valence electrons. The third-order valence-electron chi connectivity index (χ3n) is 4.53. The number of cyclic esters (lactones) is 1. The van der Waals surface area contributed by atoms with Gasteiger partial charge in [-0.25, -0.2) is 9.59 Å². The van der Waals surface area contributed by atoms with Gasteiger partial charge in [0.2, 0.25) is 6.10 Å². The van der Waals surface area contributed by atoms with Crippen LogP contribution in [0.5, 0.6) is 5.95 Å². The van der Waals surface area contributed by atoms with Gasteiger partial charge in [0.15, 0.2) is 0 Å². The molecule has 0 amide bonds. The third-order valence-corrected chi connectivity index (χ3v) is 4.53. The zero-order valence-electron chi connectivity index (χ0n) is 14.9. The largest absolute Gasteiger partial charge is 0.517 e. The van der Waals surface area contributed by atoms with Gasteiger partial charge >= 0.3 is 18.1 Å². The minimum Gasteiger partial charge on any atom is -0.462 e. The van der Waals surface area contributed by atoms with Crippen LogP contribution in [0.1, 0.15) is 13.8 Å². The van der Waals surface area contributed by atoms with E-state index in [1.807, 2.05) is 48.5 Å². The molecule has 4 rings (SSSR count). The topological polar surface area (TPSA) is 75.0 Å². The molecule has 2 aromatic carbocycles. The predicted octanol–water partition coefficient (Wildman–Crippen LogP) is 4.57. The quantitative estimate of drug-likeness (QED) is 0.632. The summed E-state index contributed by atoms with van der Waals surface area (Å²) < 4.78 is 21.3. The van der Waals surface area contributed by atoms with Crippen LogP contribution in [0.3, 0.4) is 0 Å². The van der Waals surface area contributed by atoms with Gasteiger partial charge < -0.3 is 18.6 Å². The molecule has 1 fully saturated rings. The number of rotatable bonds is 3. The summed E-state index contributed by atoms with van der Waals surface area (Å²) in [6.07, 6.45) is -2.03. The zero-order chi connectivity index (χ0) is 19.0. The van der Waals surface area contributed by atoms with Crippen LogP contribution >= 0.6 is 0 Å². The van der Waals surface area contributed by atoms with E-state index in [1.54, 1.807) is 19.9 Å². The highest BCUT2D eigenvalue weighted by atomic mass is 16.8. The van der Waals surface area contributed by atoms with E-state index in [4.69, 9.17) is 18.6 Å². The van der Waals surface area contributed by atoms with E-state index in [0.29, 0.717) is 11.1 Å². The fourth-order valence-corrected chi connectivity index (χ4v) is 3.10. The minimum atomic E-state index is -1.02. The number of carbonyl (C=O) groups excluding carboxylic acids is 2. The number of esters is 1. The van der Waals surface area contributed by atoms with Gasteiger partial charge in [-0.15, -0.1) is 0 Å². The van der Waals surface area contributed by atoms with E-state index in [1.165, 1.54) is 0 Å². The second-order valence-electron chi connectivity index (χ2n) is 7.07. The Labute approximate surface area is 155 Å². The van der Waals surface area contributed by atoms with Gasteiger partial charge in [-0.3, -0.25) is 0 Å². The van der Waals surface area contributed by atoms with Crippen LogP contribution in [0.4, 0.5) is 4.79 Å². The van der Waals surface area contributed by atoms with E-state index in [2.05, 4.69) is 0 Å². The van der Waals surface area contributed by atoms with Crippen LogP contribution in [-0.2, 0) is 14.3 Å². The summed E-state index contributed by atoms with van der Waals surface area (Å²) in [5, 5.41) is 0.812. The molecule has 3 aromatic rings. The predicted molar refractivity (Wildman–Crippen MR) is 97.3 cm³/mol. The molecule has 0 N–H and O–H groups in total. The van der Waals surface area contributed by atoms with Gasteiger partial charge in [0.25, 0.3) is 0 Å². The Balaban J connectivity index is 1.66. The van der Waals surface area contributed by atoms with Crippen molar-refractivity contribution in [2.45, 2.75) is 20.0 Å². The second-order valence-corrected chi connectivity index (χ2v) is 7.07. The Kier molecular flexibility index (Phi) is 4.11. The number of furan rings is 1. The monoisotopic (exact) mass is 366 g/mol. The molecule has 27 heavy (non-hydrogen) atoms. The number of hydrogen-bond donors (Lipinski definition) is 0. The highest BCUT2D eigenvalue weighted by Crippen LogP contribution is 2.40. The number of fused-ring (bicyclic) bond motifs is 1. The fraction of sp³-hybridized carbons (Fsp3) is 0.238. The molecule has 0 aliphatic carbocycles. The van der Waals surface area contributed by atoms with Crippen LogP contribution in [0.15, 0.2) is 59.0 Å². The van der Waals surface area contributed by atoms with Crippen LogP contribution < -0.4 is 4.74 Å². The summed E-state index contributed by atoms with van der Waals surface area (Å²) in [7, 11) is 0. The molecule has 0 unspecified atom stereocenters. The van der Waals surface area contributed by atoms with E-state index >= 15 is 0 Å². The Bertz CT molecular complexity index is 1000. The summed E-state index contributed by atoms with van der Waals surface area (Å²) in [4.78, 5) is 24.2. The molecule has 0 spiro atoms. The van der Waals surface area contributed by atoms with Crippen molar-refractivity contribution in [3.05, 3.63) is 54.6 Å². The van der Waals surface area contributed by atoms with Crippen molar-refractivity contribution in [1.82, 2.24) is 0 Å². The Morgan fingerprint density at radius 2 is 1.78 bits per heavy atom. The van der Waals surface area contributed by atoms with Crippen LogP contribution in [0, 0.1) is 5.41 Å². The van der Waals surface area contributed by atoms with E-state index in [-0.39, 0.29) is 12.6 Å². The van der Waals surface area contributed by atoms with E-state index in [9.17, 15) is 9.59 Å². The average molecular weight is 366 g/mol. The average Bonchev–Trinajstić information content (AvgIpc) is 3.14. The molecule has 1 aliphatic rings. The lowest BCUT2D eigenvalue weighted by atomic mass is 9.90. The second kappa shape index (κ2) is 6.46. The number of para-hydroxylation sites is 1. The number of carbonyl (C=O) groups is 2. The van der Waals surface area contributed by atoms with Crippen LogP contribution in [-0.4, -0.2) is 24.8 Å². The Morgan fingerprint density at radius 1 is 1.07 bits per heavy atom. The molecule has 1 saturated heterocycles. The van der Waals surface area contributed by atoms with Gasteiger partial charge in [0, 0.05) is 10.8 Å². The first kappa shape index (κ1) is 17.1. The van der Waals surface area contributed by atoms with Gasteiger partial charge in [-0.1, -0.05) is 62.4 Å². The smallest absolute Gasteiger partial charge is 0.462 e. The van der Waals surface area contributed by atoms with Crippen molar-refractivity contribution in [2.24, 2.45) is 5.41 Å². The number of benzene rings is 2. The molecule has 2 heterocycles. The van der Waals surface area contributed by atoms with Crippen LogP contribution in [0.2, 0.25) is 0 Å². The van der Waals surface area contributed by atoms with Crippen molar-refractivity contribution >= 4 is 23.1 Å². The van der Waals surface area contributed by atoms with Gasteiger partial charge in [0.05, 0.1) is 5.56 Å². The van der Waals surface area contributed by atoms with Gasteiger partial charge in [0.1, 0.15) is 12.2 Å². The van der Waals surface area contributed by atoms with Crippen molar-refractivity contribution in [2.75, 3.05) is 6.61 Å². The summed E-state index contributed by atoms with van der Waals surface area (Å²) in [5.74, 6) is -0.554. The lowest BCUT2D eigenvalue weighted by Gasteiger charge is -2.20. The van der Waals surface area contributed by atoms with Gasteiger partial charge in [-0.2, -0.15) is 0 Å². The molecule has 6 heteroatoms. The van der Waals surface area contributed by atoms with Crippen LogP contribution in [0.25, 0.3) is 22.1 Å². The zero-order valence-corrected chi connectivity index (χ0v) is 14.9. The molecule has 0 bridgehead atoms. The van der Waals surface area contributed by atoms with Crippen molar-refractivity contribution in [1.29, 1.82) is 0 Å². The maximum absolute atomic E-state index is 12.3. The summed E-state index contributed by atoms with van der Waals surface area (Å²) in [6, 6.07) is 16.8. The normalized spacial score (nSPS) is 18.3. The molecule has 1 aliphatic heterocycles. The molecular formula is C21H18O6. The SMILES string of the molecule is CC1(C)COC(=O)[C@@H]1OC(=O)Oc1oc2ccccc2c1-c1ccccc1. The third kappa shape index (κ3) is 3.14. The van der Waals surface area contributed by atoms with Crippen molar-refractivity contribution in [3.63, 3.8) is 0 Å². The highest BCUT2D eigenvalue weighted by molar-refractivity contribution is 5.97. The summed E-state index contributed by atoms with van der Waals surface area (Å²) >= 11 is 0.